The molecule has 3 nitrogen and oxygen atoms in total. The molecule has 0 bridgehead atoms. The van der Waals surface area contributed by atoms with Crippen molar-refractivity contribution in [3.8, 4) is 0 Å². The first-order valence-corrected chi connectivity index (χ1v) is 18.6. The minimum absolute atomic E-state index is 0.297. The Kier molecular flexibility index (Phi) is 9.41. The molecule has 0 aliphatic carbocycles. The summed E-state index contributed by atoms with van der Waals surface area (Å²) >= 11 is -0.796. The number of ether oxygens (including phenoxy) is 1. The summed E-state index contributed by atoms with van der Waals surface area (Å²) in [6.45, 7) is 8.90. The van der Waals surface area contributed by atoms with Crippen LogP contribution in [0.1, 0.15) is 34.0 Å². The van der Waals surface area contributed by atoms with Crippen LogP contribution >= 0.6 is 0 Å². The molecule has 4 rings (SSSR count). The van der Waals surface area contributed by atoms with Crippen molar-refractivity contribution in [3.05, 3.63) is 144 Å². The molecular formula is C33H34O3SiTe. The minimum atomic E-state index is -2.04. The molecule has 0 amide bonds. The average molecular weight is 634 g/mol. The van der Waals surface area contributed by atoms with Crippen LogP contribution in [0.15, 0.2) is 121 Å². The average Bonchev–Trinajstić information content (AvgIpc) is 2.93. The van der Waals surface area contributed by atoms with Gasteiger partial charge in [-0.15, -0.1) is 0 Å². The molecule has 0 aromatic heterocycles. The maximum atomic E-state index is 12.3. The molecule has 0 spiro atoms. The normalized spacial score (nSPS) is 12.3. The molecule has 194 valence electrons. The van der Waals surface area contributed by atoms with Gasteiger partial charge in [-0.2, -0.15) is 0 Å². The molecule has 0 atom stereocenters. The molecule has 38 heavy (non-hydrogen) atoms. The van der Waals surface area contributed by atoms with Crippen LogP contribution in [0, 0.1) is 0 Å². The number of rotatable bonds is 10. The summed E-state index contributed by atoms with van der Waals surface area (Å²) in [5.41, 5.74) is 3.12. The molecule has 0 heterocycles. The first-order chi connectivity index (χ1) is 18.3. The van der Waals surface area contributed by atoms with E-state index >= 15 is 0 Å². The van der Waals surface area contributed by atoms with Crippen molar-refractivity contribution in [3.63, 3.8) is 0 Å². The Bertz CT molecular complexity index is 1310. The zero-order valence-electron chi connectivity index (χ0n) is 22.4. The van der Waals surface area contributed by atoms with Crippen LogP contribution in [-0.2, 0) is 14.8 Å². The molecule has 5 heteroatoms. The second-order valence-corrected chi connectivity index (χ2v) is 17.5. The van der Waals surface area contributed by atoms with Gasteiger partial charge in [0.2, 0.25) is 0 Å². The molecule has 0 aliphatic heterocycles. The zero-order chi connectivity index (χ0) is 27.0. The van der Waals surface area contributed by atoms with Crippen molar-refractivity contribution in [2.45, 2.75) is 32.2 Å². The summed E-state index contributed by atoms with van der Waals surface area (Å²) in [6, 6.07) is 39.5. The second-order valence-electron chi connectivity index (χ2n) is 9.90. The van der Waals surface area contributed by atoms with Gasteiger partial charge in [0.1, 0.15) is 0 Å². The number of carbonyl (C=O) groups is 1. The molecule has 0 radical (unpaired) electrons. The molecule has 4 aromatic carbocycles. The Labute approximate surface area is 237 Å². The number of carbonyl (C=O) groups excluding carboxylic acids is 1. The van der Waals surface area contributed by atoms with Crippen LogP contribution in [0.2, 0.25) is 19.6 Å². The number of esters is 1. The predicted octanol–water partition coefficient (Wildman–Crippen LogP) is 7.03. The molecule has 0 fully saturated rings. The van der Waals surface area contributed by atoms with E-state index in [0.29, 0.717) is 12.2 Å². The van der Waals surface area contributed by atoms with Crippen molar-refractivity contribution in [2.75, 3.05) is 6.61 Å². The van der Waals surface area contributed by atoms with Crippen LogP contribution in [0.3, 0.4) is 0 Å². The first kappa shape index (κ1) is 28.1. The van der Waals surface area contributed by atoms with E-state index in [2.05, 4.69) is 105 Å². The number of benzene rings is 4. The third kappa shape index (κ3) is 7.12. The Balaban J connectivity index is 1.95. The van der Waals surface area contributed by atoms with Gasteiger partial charge in [-0.1, -0.05) is 0 Å². The molecule has 0 saturated carbocycles. The molecular weight excluding hydrogens is 600 g/mol. The summed E-state index contributed by atoms with van der Waals surface area (Å²) in [5.74, 6) is -0.297. The second kappa shape index (κ2) is 12.7. The Morgan fingerprint density at radius 2 is 1.21 bits per heavy atom. The van der Waals surface area contributed by atoms with Crippen LogP contribution in [-0.4, -0.2) is 41.8 Å². The van der Waals surface area contributed by atoms with Gasteiger partial charge in [0.25, 0.3) is 0 Å². The van der Waals surface area contributed by atoms with E-state index in [1.54, 1.807) is 0 Å². The quantitative estimate of drug-likeness (QED) is 0.139. The van der Waals surface area contributed by atoms with E-state index in [9.17, 15) is 4.79 Å². The predicted molar refractivity (Wildman–Crippen MR) is 160 cm³/mol. The van der Waals surface area contributed by atoms with Gasteiger partial charge in [-0.3, -0.25) is 0 Å². The molecule has 0 unspecified atom stereocenters. The van der Waals surface area contributed by atoms with Crippen molar-refractivity contribution in [1.29, 1.82) is 0 Å². The Morgan fingerprint density at radius 1 is 0.737 bits per heavy atom. The number of hydrogen-bond acceptors (Lipinski definition) is 3. The molecule has 0 N–H and O–H groups in total. The Morgan fingerprint density at radius 3 is 1.68 bits per heavy atom. The van der Waals surface area contributed by atoms with Gasteiger partial charge < -0.3 is 0 Å². The van der Waals surface area contributed by atoms with Crippen LogP contribution in [0.25, 0.3) is 3.62 Å². The molecule has 4 aromatic rings. The molecule has 0 saturated heterocycles. The fraction of sp³-hybridized carbons (Fsp3) is 0.182. The summed E-state index contributed by atoms with van der Waals surface area (Å²) in [6.07, 6.45) is 2.35. The van der Waals surface area contributed by atoms with Crippen molar-refractivity contribution in [1.82, 2.24) is 0 Å². The summed E-state index contributed by atoms with van der Waals surface area (Å²) in [5, 5.41) is 0. The molecule has 0 aliphatic rings. The Hall–Kier alpha value is -2.94. The van der Waals surface area contributed by atoms with Gasteiger partial charge in [0.05, 0.1) is 0 Å². The maximum absolute atomic E-state index is 12.3. The van der Waals surface area contributed by atoms with E-state index < -0.39 is 34.8 Å². The first-order valence-electron chi connectivity index (χ1n) is 12.9. The fourth-order valence-electron chi connectivity index (χ4n) is 4.29. The number of hydrogen-bond donors (Lipinski definition) is 0. The summed E-state index contributed by atoms with van der Waals surface area (Å²) in [4.78, 5) is 12.3. The van der Waals surface area contributed by atoms with E-state index in [1.807, 2.05) is 43.3 Å². The van der Waals surface area contributed by atoms with Gasteiger partial charge in [-0.25, -0.2) is 0 Å². The van der Waals surface area contributed by atoms with E-state index in [4.69, 9.17) is 9.16 Å². The van der Waals surface area contributed by atoms with Gasteiger partial charge in [0, 0.05) is 0 Å². The van der Waals surface area contributed by atoms with E-state index in [0.717, 1.165) is 16.7 Å². The summed E-state index contributed by atoms with van der Waals surface area (Å²) in [7, 11) is -2.04. The topological polar surface area (TPSA) is 35.5 Å². The van der Waals surface area contributed by atoms with Gasteiger partial charge >= 0.3 is 239 Å². The third-order valence-corrected chi connectivity index (χ3v) is 9.88. The monoisotopic (exact) mass is 636 g/mol. The standard InChI is InChI=1S/C33H34O3SiTe/c1-5-35-32(34)27-23-21-26(22-24-27)31(38-30-19-13-8-14-20-30)25-33(36-37(2,3)4,28-15-9-6-10-16-28)29-17-11-7-12-18-29/h6-25H,5H2,1-4H3/b31-25+. The summed E-state index contributed by atoms with van der Waals surface area (Å²) < 4.78 is 15.0. The van der Waals surface area contributed by atoms with Crippen LogP contribution < -0.4 is 3.61 Å². The van der Waals surface area contributed by atoms with E-state index in [1.165, 1.54) is 7.23 Å². The van der Waals surface area contributed by atoms with Gasteiger partial charge in [-0.05, 0) is 0 Å². The SMILES string of the molecule is CCOC(=O)c1ccc(/C(=C\C(O[Si](C)(C)C)(c2ccccc2)c2ccccc2)[Te]c2ccccc2)cc1. The van der Waals surface area contributed by atoms with Crippen LogP contribution in [0.4, 0.5) is 0 Å². The van der Waals surface area contributed by atoms with Crippen molar-refractivity contribution >= 4 is 42.4 Å². The van der Waals surface area contributed by atoms with Crippen LogP contribution in [0.5, 0.6) is 0 Å². The fourth-order valence-corrected chi connectivity index (χ4v) is 8.48. The third-order valence-electron chi connectivity index (χ3n) is 5.86. The van der Waals surface area contributed by atoms with Crippen molar-refractivity contribution < 1.29 is 14.0 Å². The van der Waals surface area contributed by atoms with Gasteiger partial charge in [0.15, 0.2) is 0 Å². The van der Waals surface area contributed by atoms with E-state index in [-0.39, 0.29) is 5.97 Å². The zero-order valence-corrected chi connectivity index (χ0v) is 25.7. The van der Waals surface area contributed by atoms with Crippen molar-refractivity contribution in [2.24, 2.45) is 0 Å².